The first-order chi connectivity index (χ1) is 10.6. The Morgan fingerprint density at radius 3 is 2.27 bits per heavy atom. The lowest BCUT2D eigenvalue weighted by Crippen LogP contribution is -2.39. The van der Waals surface area contributed by atoms with Gasteiger partial charge in [0.2, 0.25) is 0 Å². The zero-order valence-corrected chi connectivity index (χ0v) is 13.2. The van der Waals surface area contributed by atoms with Crippen LogP contribution < -0.4 is 9.80 Å². The molecule has 1 fully saturated rings. The van der Waals surface area contributed by atoms with Gasteiger partial charge in [0.1, 0.15) is 0 Å². The number of nitrogens with zero attached hydrogens (tertiary/aromatic N) is 2. The first-order valence-electron chi connectivity index (χ1n) is 6.97. The summed E-state index contributed by atoms with van der Waals surface area (Å²) in [5.41, 5.74) is 2.69. The zero-order valence-electron chi connectivity index (χ0n) is 12.4. The number of likely N-dealkylation sites (N-methyl/N-ethyl adjacent to an activating group) is 1. The maximum Gasteiger partial charge on any atom is 0.295 e. The first kappa shape index (κ1) is 14.7. The number of thioether (sulfide) groups is 1. The molecule has 5 heteroatoms. The fraction of sp³-hybridized carbons (Fsp3) is 0.176. The van der Waals surface area contributed by atoms with Gasteiger partial charge in [-0.25, -0.2) is 4.90 Å². The molecule has 1 aliphatic heterocycles. The minimum absolute atomic E-state index is 0.204. The average molecular weight is 312 g/mol. The third-order valence-corrected chi connectivity index (χ3v) is 4.76. The van der Waals surface area contributed by atoms with Crippen molar-refractivity contribution < 1.29 is 9.59 Å². The third-order valence-electron chi connectivity index (χ3n) is 3.63. The first-order valence-corrected chi connectivity index (χ1v) is 7.85. The number of carbonyl (C=O) groups is 2. The van der Waals surface area contributed by atoms with E-state index in [0.29, 0.717) is 5.69 Å². The molecule has 1 aliphatic rings. The number of imide groups is 1. The molecule has 0 saturated carbocycles. The zero-order chi connectivity index (χ0) is 15.7. The van der Waals surface area contributed by atoms with Crippen LogP contribution in [0.3, 0.4) is 0 Å². The molecule has 3 rings (SSSR count). The SMILES string of the molecule is Cc1ccc(N(C)[C@@H]2SC(=O)N(c3ccccc3)C2=O)cc1. The monoisotopic (exact) mass is 312 g/mol. The number of hydrogen-bond donors (Lipinski definition) is 0. The van der Waals surface area contributed by atoms with Crippen molar-refractivity contribution in [2.24, 2.45) is 0 Å². The number of benzene rings is 2. The molecule has 0 aliphatic carbocycles. The Bertz CT molecular complexity index is 700. The highest BCUT2D eigenvalue weighted by Crippen LogP contribution is 2.34. The van der Waals surface area contributed by atoms with Crippen molar-refractivity contribution in [1.82, 2.24) is 0 Å². The lowest BCUT2D eigenvalue weighted by Gasteiger charge is -2.24. The van der Waals surface area contributed by atoms with E-state index in [-0.39, 0.29) is 11.1 Å². The van der Waals surface area contributed by atoms with Crippen molar-refractivity contribution >= 4 is 34.3 Å². The number of anilines is 2. The van der Waals surface area contributed by atoms with Crippen LogP contribution in [0.15, 0.2) is 54.6 Å². The van der Waals surface area contributed by atoms with Crippen LogP contribution in [0.5, 0.6) is 0 Å². The van der Waals surface area contributed by atoms with Gasteiger partial charge in [-0.05, 0) is 43.0 Å². The molecule has 0 N–H and O–H groups in total. The summed E-state index contributed by atoms with van der Waals surface area (Å²) in [6.45, 7) is 2.01. The lowest BCUT2D eigenvalue weighted by atomic mass is 10.2. The number of hydrogen-bond acceptors (Lipinski definition) is 4. The van der Waals surface area contributed by atoms with E-state index in [0.717, 1.165) is 23.0 Å². The summed E-state index contributed by atoms with van der Waals surface area (Å²) in [4.78, 5) is 28.0. The molecule has 2 amide bonds. The quantitative estimate of drug-likeness (QED) is 0.867. The summed E-state index contributed by atoms with van der Waals surface area (Å²) in [6, 6.07) is 16.9. The van der Waals surface area contributed by atoms with Crippen LogP contribution in [0.1, 0.15) is 5.56 Å². The molecule has 1 heterocycles. The Morgan fingerprint density at radius 1 is 1.00 bits per heavy atom. The smallest absolute Gasteiger partial charge is 0.295 e. The Morgan fingerprint density at radius 2 is 1.64 bits per heavy atom. The average Bonchev–Trinajstić information content (AvgIpc) is 2.83. The summed E-state index contributed by atoms with van der Waals surface area (Å²) < 4.78 is 0. The van der Waals surface area contributed by atoms with E-state index >= 15 is 0 Å². The van der Waals surface area contributed by atoms with Gasteiger partial charge in [-0.2, -0.15) is 0 Å². The number of carbonyl (C=O) groups excluding carboxylic acids is 2. The minimum Gasteiger partial charge on any atom is -0.354 e. The molecule has 4 nitrogen and oxygen atoms in total. The highest BCUT2D eigenvalue weighted by molar-refractivity contribution is 8.16. The highest BCUT2D eigenvalue weighted by Gasteiger charge is 2.42. The summed E-state index contributed by atoms with van der Waals surface area (Å²) in [5.74, 6) is -0.204. The standard InChI is InChI=1S/C17H16N2O2S/c1-12-8-10-13(11-9-12)18(2)16-15(20)19(17(21)22-16)14-6-4-3-5-7-14/h3-11,16H,1-2H3/t16-/m1/s1. The molecule has 2 aromatic rings. The maximum absolute atomic E-state index is 12.6. The van der Waals surface area contributed by atoms with E-state index in [1.54, 1.807) is 12.1 Å². The van der Waals surface area contributed by atoms with Crippen molar-refractivity contribution in [3.63, 3.8) is 0 Å². The fourth-order valence-corrected chi connectivity index (χ4v) is 3.35. The second-order valence-corrected chi connectivity index (χ2v) is 6.22. The second kappa shape index (κ2) is 5.85. The van der Waals surface area contributed by atoms with Crippen molar-refractivity contribution in [2.45, 2.75) is 12.3 Å². The Kier molecular flexibility index (Phi) is 3.90. The van der Waals surface area contributed by atoms with Gasteiger partial charge in [0, 0.05) is 12.7 Å². The van der Waals surface area contributed by atoms with Crippen LogP contribution in [-0.2, 0) is 4.79 Å². The van der Waals surface area contributed by atoms with Crippen LogP contribution in [0.25, 0.3) is 0 Å². The topological polar surface area (TPSA) is 40.6 Å². The van der Waals surface area contributed by atoms with Crippen molar-refractivity contribution in [2.75, 3.05) is 16.8 Å². The molecule has 0 aromatic heterocycles. The molecule has 0 unspecified atom stereocenters. The lowest BCUT2D eigenvalue weighted by molar-refractivity contribution is -0.116. The minimum atomic E-state index is -0.532. The number of amides is 2. The Labute approximate surface area is 133 Å². The summed E-state index contributed by atoms with van der Waals surface area (Å²) in [5, 5.41) is -0.768. The molecular weight excluding hydrogens is 296 g/mol. The predicted octanol–water partition coefficient (Wildman–Crippen LogP) is 3.66. The van der Waals surface area contributed by atoms with Gasteiger partial charge in [-0.3, -0.25) is 9.59 Å². The number of para-hydroxylation sites is 1. The van der Waals surface area contributed by atoms with E-state index < -0.39 is 5.37 Å². The van der Waals surface area contributed by atoms with Crippen LogP contribution in [0.4, 0.5) is 16.2 Å². The second-order valence-electron chi connectivity index (χ2n) is 5.19. The van der Waals surface area contributed by atoms with Crippen LogP contribution in [0, 0.1) is 6.92 Å². The molecule has 2 aromatic carbocycles. The van der Waals surface area contributed by atoms with Gasteiger partial charge in [-0.15, -0.1) is 0 Å². The molecular formula is C17H16N2O2S. The van der Waals surface area contributed by atoms with Gasteiger partial charge in [0.25, 0.3) is 11.1 Å². The van der Waals surface area contributed by atoms with Gasteiger partial charge in [0.15, 0.2) is 5.37 Å². The molecule has 112 valence electrons. The largest absolute Gasteiger partial charge is 0.354 e. The van der Waals surface area contributed by atoms with Crippen LogP contribution in [-0.4, -0.2) is 23.6 Å². The summed E-state index contributed by atoms with van der Waals surface area (Å²) in [6.07, 6.45) is 0. The Hall–Kier alpha value is -2.27. The van der Waals surface area contributed by atoms with Crippen molar-refractivity contribution in [3.8, 4) is 0 Å². The van der Waals surface area contributed by atoms with Crippen LogP contribution >= 0.6 is 11.8 Å². The summed E-state index contributed by atoms with van der Waals surface area (Å²) >= 11 is 1.05. The van der Waals surface area contributed by atoms with E-state index in [1.807, 2.05) is 61.3 Å². The number of rotatable bonds is 3. The highest BCUT2D eigenvalue weighted by atomic mass is 32.2. The molecule has 22 heavy (non-hydrogen) atoms. The Balaban J connectivity index is 1.86. The van der Waals surface area contributed by atoms with Gasteiger partial charge >= 0.3 is 0 Å². The van der Waals surface area contributed by atoms with Crippen molar-refractivity contribution in [3.05, 3.63) is 60.2 Å². The van der Waals surface area contributed by atoms with Crippen molar-refractivity contribution in [1.29, 1.82) is 0 Å². The molecule has 1 atom stereocenters. The number of aryl methyl sites for hydroxylation is 1. The third kappa shape index (κ3) is 2.60. The normalized spacial score (nSPS) is 17.9. The van der Waals surface area contributed by atoms with E-state index in [2.05, 4.69) is 0 Å². The molecule has 1 saturated heterocycles. The predicted molar refractivity (Wildman–Crippen MR) is 90.3 cm³/mol. The van der Waals surface area contributed by atoms with Gasteiger partial charge in [-0.1, -0.05) is 35.9 Å². The molecule has 0 spiro atoms. The fourth-order valence-electron chi connectivity index (χ4n) is 2.37. The van der Waals surface area contributed by atoms with Gasteiger partial charge < -0.3 is 4.90 Å². The molecule has 0 bridgehead atoms. The van der Waals surface area contributed by atoms with E-state index in [9.17, 15) is 9.59 Å². The molecule has 0 radical (unpaired) electrons. The maximum atomic E-state index is 12.6. The van der Waals surface area contributed by atoms with E-state index in [4.69, 9.17) is 0 Å². The summed E-state index contributed by atoms with van der Waals surface area (Å²) in [7, 11) is 1.84. The van der Waals surface area contributed by atoms with E-state index in [1.165, 1.54) is 4.90 Å². The van der Waals surface area contributed by atoms with Crippen LogP contribution in [0.2, 0.25) is 0 Å². The van der Waals surface area contributed by atoms with Gasteiger partial charge in [0.05, 0.1) is 5.69 Å².